The summed E-state index contributed by atoms with van der Waals surface area (Å²) in [7, 11) is 1.91. The van der Waals surface area contributed by atoms with E-state index in [0.29, 0.717) is 13.1 Å². The number of rotatable bonds is 6. The molecule has 0 radical (unpaired) electrons. The van der Waals surface area contributed by atoms with Crippen LogP contribution in [0, 0.1) is 6.92 Å². The summed E-state index contributed by atoms with van der Waals surface area (Å²) >= 11 is 0. The standard InChI is InChI=1S/C13H20N2O2/c1-11-5-3-4-6-12(11)9-15(2)10-13(17)14-7-8-16/h3-6,16H,7-10H2,1-2H3,(H,14,17). The Morgan fingerprint density at radius 3 is 2.76 bits per heavy atom. The third kappa shape index (κ3) is 4.97. The van der Waals surface area contributed by atoms with Crippen LogP contribution >= 0.6 is 0 Å². The summed E-state index contributed by atoms with van der Waals surface area (Å²) in [6.07, 6.45) is 0. The lowest BCUT2D eigenvalue weighted by molar-refractivity contribution is -0.122. The monoisotopic (exact) mass is 236 g/mol. The Labute approximate surface area is 102 Å². The van der Waals surface area contributed by atoms with Crippen LogP contribution in [0.15, 0.2) is 24.3 Å². The van der Waals surface area contributed by atoms with Gasteiger partial charge >= 0.3 is 0 Å². The van der Waals surface area contributed by atoms with Gasteiger partial charge in [-0.05, 0) is 25.1 Å². The van der Waals surface area contributed by atoms with Gasteiger partial charge in [-0.3, -0.25) is 9.69 Å². The number of carbonyl (C=O) groups is 1. The first-order valence-electron chi connectivity index (χ1n) is 5.74. The van der Waals surface area contributed by atoms with Gasteiger partial charge in [-0.1, -0.05) is 24.3 Å². The van der Waals surface area contributed by atoms with Crippen molar-refractivity contribution in [3.63, 3.8) is 0 Å². The van der Waals surface area contributed by atoms with Crippen LogP contribution in [-0.2, 0) is 11.3 Å². The van der Waals surface area contributed by atoms with E-state index in [2.05, 4.69) is 24.4 Å². The van der Waals surface area contributed by atoms with Crippen molar-refractivity contribution < 1.29 is 9.90 Å². The number of aryl methyl sites for hydroxylation is 1. The summed E-state index contributed by atoms with van der Waals surface area (Å²) in [5.41, 5.74) is 2.46. The molecule has 0 heterocycles. The van der Waals surface area contributed by atoms with Gasteiger partial charge < -0.3 is 10.4 Å². The van der Waals surface area contributed by atoms with E-state index >= 15 is 0 Å². The Morgan fingerprint density at radius 2 is 2.12 bits per heavy atom. The first-order valence-corrected chi connectivity index (χ1v) is 5.74. The molecule has 0 saturated heterocycles. The molecule has 1 amide bonds. The highest BCUT2D eigenvalue weighted by Gasteiger charge is 2.07. The van der Waals surface area contributed by atoms with Crippen molar-refractivity contribution >= 4 is 5.91 Å². The van der Waals surface area contributed by atoms with Crippen LogP contribution in [0.25, 0.3) is 0 Å². The fourth-order valence-electron chi connectivity index (χ4n) is 1.63. The van der Waals surface area contributed by atoms with Crippen LogP contribution in [-0.4, -0.2) is 42.7 Å². The van der Waals surface area contributed by atoms with Gasteiger partial charge in [0.2, 0.25) is 5.91 Å². The summed E-state index contributed by atoms with van der Waals surface area (Å²) in [5, 5.41) is 11.2. The molecule has 0 saturated carbocycles. The normalized spacial score (nSPS) is 10.6. The van der Waals surface area contributed by atoms with E-state index in [0.717, 1.165) is 6.54 Å². The van der Waals surface area contributed by atoms with Crippen molar-refractivity contribution in [3.8, 4) is 0 Å². The van der Waals surface area contributed by atoms with Gasteiger partial charge in [0.15, 0.2) is 0 Å². The maximum Gasteiger partial charge on any atom is 0.234 e. The predicted molar refractivity (Wildman–Crippen MR) is 67.6 cm³/mol. The number of carbonyl (C=O) groups excluding carboxylic acids is 1. The quantitative estimate of drug-likeness (QED) is 0.758. The molecule has 0 aliphatic heterocycles. The number of nitrogens with zero attached hydrogens (tertiary/aromatic N) is 1. The number of benzene rings is 1. The molecule has 17 heavy (non-hydrogen) atoms. The molecule has 4 nitrogen and oxygen atoms in total. The lowest BCUT2D eigenvalue weighted by atomic mass is 10.1. The maximum absolute atomic E-state index is 11.4. The minimum atomic E-state index is -0.0601. The molecule has 0 aliphatic rings. The van der Waals surface area contributed by atoms with Gasteiger partial charge in [0.05, 0.1) is 13.2 Å². The van der Waals surface area contributed by atoms with Gasteiger partial charge in [-0.2, -0.15) is 0 Å². The molecule has 94 valence electrons. The number of nitrogens with one attached hydrogen (secondary N) is 1. The third-order valence-electron chi connectivity index (χ3n) is 2.55. The average Bonchev–Trinajstić information content (AvgIpc) is 2.29. The Bertz CT molecular complexity index is 366. The summed E-state index contributed by atoms with van der Waals surface area (Å²) in [5.74, 6) is -0.0601. The molecule has 2 N–H and O–H groups in total. The number of hydrogen-bond donors (Lipinski definition) is 2. The zero-order valence-electron chi connectivity index (χ0n) is 10.4. The zero-order chi connectivity index (χ0) is 12.7. The van der Waals surface area contributed by atoms with E-state index in [-0.39, 0.29) is 12.5 Å². The van der Waals surface area contributed by atoms with Crippen LogP contribution in [0.5, 0.6) is 0 Å². The summed E-state index contributed by atoms with van der Waals surface area (Å²) in [6, 6.07) is 8.14. The lowest BCUT2D eigenvalue weighted by Gasteiger charge is -2.17. The molecule has 0 aliphatic carbocycles. The second-order valence-corrected chi connectivity index (χ2v) is 4.17. The van der Waals surface area contributed by atoms with Crippen molar-refractivity contribution in [2.24, 2.45) is 0 Å². The minimum absolute atomic E-state index is 0.0206. The van der Waals surface area contributed by atoms with E-state index in [9.17, 15) is 4.79 Å². The number of likely N-dealkylation sites (N-methyl/N-ethyl adjacent to an activating group) is 1. The predicted octanol–water partition coefficient (Wildman–Crippen LogP) is 0.535. The van der Waals surface area contributed by atoms with Crippen molar-refractivity contribution in [1.29, 1.82) is 0 Å². The van der Waals surface area contributed by atoms with E-state index in [4.69, 9.17) is 5.11 Å². The Balaban J connectivity index is 2.42. The van der Waals surface area contributed by atoms with Crippen LogP contribution in [0.4, 0.5) is 0 Å². The highest BCUT2D eigenvalue weighted by molar-refractivity contribution is 5.77. The molecule has 1 aromatic carbocycles. The van der Waals surface area contributed by atoms with E-state index in [1.807, 2.05) is 24.1 Å². The number of aliphatic hydroxyl groups is 1. The topological polar surface area (TPSA) is 52.6 Å². The second kappa shape index (κ2) is 7.04. The molecular formula is C13H20N2O2. The first kappa shape index (κ1) is 13.7. The van der Waals surface area contributed by atoms with E-state index < -0.39 is 0 Å². The van der Waals surface area contributed by atoms with Gasteiger partial charge in [0.25, 0.3) is 0 Å². The van der Waals surface area contributed by atoms with Crippen LogP contribution in [0.1, 0.15) is 11.1 Å². The average molecular weight is 236 g/mol. The molecule has 1 aromatic rings. The molecule has 0 bridgehead atoms. The van der Waals surface area contributed by atoms with Crippen LogP contribution < -0.4 is 5.32 Å². The zero-order valence-corrected chi connectivity index (χ0v) is 10.4. The molecular weight excluding hydrogens is 216 g/mol. The van der Waals surface area contributed by atoms with Crippen LogP contribution in [0.3, 0.4) is 0 Å². The summed E-state index contributed by atoms with van der Waals surface area (Å²) < 4.78 is 0. The molecule has 0 atom stereocenters. The van der Waals surface area contributed by atoms with Gasteiger partial charge in [-0.25, -0.2) is 0 Å². The number of hydrogen-bond acceptors (Lipinski definition) is 3. The first-order chi connectivity index (χ1) is 8.13. The fourth-order valence-corrected chi connectivity index (χ4v) is 1.63. The summed E-state index contributed by atoms with van der Waals surface area (Å²) in [4.78, 5) is 13.4. The van der Waals surface area contributed by atoms with E-state index in [1.54, 1.807) is 0 Å². The summed E-state index contributed by atoms with van der Waals surface area (Å²) in [6.45, 7) is 3.45. The van der Waals surface area contributed by atoms with Crippen molar-refractivity contribution in [1.82, 2.24) is 10.2 Å². The largest absolute Gasteiger partial charge is 0.395 e. The highest BCUT2D eigenvalue weighted by atomic mass is 16.3. The molecule has 0 fully saturated rings. The van der Waals surface area contributed by atoms with E-state index in [1.165, 1.54) is 11.1 Å². The lowest BCUT2D eigenvalue weighted by Crippen LogP contribution is -2.36. The number of amides is 1. The Morgan fingerprint density at radius 1 is 1.41 bits per heavy atom. The van der Waals surface area contributed by atoms with Gasteiger partial charge in [0, 0.05) is 13.1 Å². The van der Waals surface area contributed by atoms with Crippen molar-refractivity contribution in [2.45, 2.75) is 13.5 Å². The fraction of sp³-hybridized carbons (Fsp3) is 0.462. The van der Waals surface area contributed by atoms with Crippen molar-refractivity contribution in [3.05, 3.63) is 35.4 Å². The molecule has 0 unspecified atom stereocenters. The molecule has 0 spiro atoms. The Hall–Kier alpha value is -1.39. The second-order valence-electron chi connectivity index (χ2n) is 4.17. The van der Waals surface area contributed by atoms with Gasteiger partial charge in [-0.15, -0.1) is 0 Å². The van der Waals surface area contributed by atoms with Crippen molar-refractivity contribution in [2.75, 3.05) is 26.7 Å². The number of aliphatic hydroxyl groups excluding tert-OH is 1. The smallest absolute Gasteiger partial charge is 0.234 e. The maximum atomic E-state index is 11.4. The third-order valence-corrected chi connectivity index (χ3v) is 2.55. The molecule has 1 rings (SSSR count). The highest BCUT2D eigenvalue weighted by Crippen LogP contribution is 2.08. The minimum Gasteiger partial charge on any atom is -0.395 e. The van der Waals surface area contributed by atoms with Gasteiger partial charge in [0.1, 0.15) is 0 Å². The molecule has 0 aromatic heterocycles. The SMILES string of the molecule is Cc1ccccc1CN(C)CC(=O)NCCO. The Kier molecular flexibility index (Phi) is 5.66. The molecule has 4 heteroatoms. The van der Waals surface area contributed by atoms with Crippen LogP contribution in [0.2, 0.25) is 0 Å².